The summed E-state index contributed by atoms with van der Waals surface area (Å²) in [6.07, 6.45) is 1.24. The molecule has 0 radical (unpaired) electrons. The summed E-state index contributed by atoms with van der Waals surface area (Å²) in [5, 5.41) is 3.41. The summed E-state index contributed by atoms with van der Waals surface area (Å²) >= 11 is 0. The van der Waals surface area contributed by atoms with Crippen LogP contribution in [0.15, 0.2) is 0 Å². The number of rotatable bonds is 3. The lowest BCUT2D eigenvalue weighted by atomic mass is 9.71. The van der Waals surface area contributed by atoms with Crippen molar-refractivity contribution in [3.63, 3.8) is 0 Å². The lowest BCUT2D eigenvalue weighted by Gasteiger charge is -2.50. The molecule has 1 saturated heterocycles. The maximum absolute atomic E-state index is 3.41. The molecule has 0 amide bonds. The third-order valence-electron chi connectivity index (χ3n) is 4.45. The van der Waals surface area contributed by atoms with Crippen LogP contribution in [0.25, 0.3) is 0 Å². The van der Waals surface area contributed by atoms with E-state index in [4.69, 9.17) is 0 Å². The van der Waals surface area contributed by atoms with Crippen molar-refractivity contribution in [3.8, 4) is 0 Å². The van der Waals surface area contributed by atoms with Gasteiger partial charge in [0, 0.05) is 31.7 Å². The number of nitrogens with one attached hydrogen (secondary N) is 1. The van der Waals surface area contributed by atoms with Crippen LogP contribution in [0.2, 0.25) is 0 Å². The molecule has 0 aromatic heterocycles. The average Bonchev–Trinajstić information content (AvgIpc) is 2.19. The molecule has 0 unspecified atom stereocenters. The molecule has 2 nitrogen and oxygen atoms in total. The molecule has 0 bridgehead atoms. The third kappa shape index (κ3) is 2.12. The van der Waals surface area contributed by atoms with Gasteiger partial charge in [-0.3, -0.25) is 4.90 Å². The molecule has 84 valence electrons. The zero-order valence-electron chi connectivity index (χ0n) is 10.5. The zero-order chi connectivity index (χ0) is 10.8. The molecule has 0 aromatic rings. The molecule has 0 aliphatic carbocycles. The normalized spacial score (nSPS) is 21.2. The van der Waals surface area contributed by atoms with Gasteiger partial charge in [0.2, 0.25) is 0 Å². The van der Waals surface area contributed by atoms with E-state index in [1.807, 2.05) is 0 Å². The average molecular weight is 198 g/mol. The Morgan fingerprint density at radius 3 is 2.00 bits per heavy atom. The van der Waals surface area contributed by atoms with Crippen molar-refractivity contribution in [3.05, 3.63) is 0 Å². The van der Waals surface area contributed by atoms with Crippen molar-refractivity contribution < 1.29 is 0 Å². The highest BCUT2D eigenvalue weighted by atomic mass is 15.2. The first-order chi connectivity index (χ1) is 6.42. The monoisotopic (exact) mass is 198 g/mol. The Morgan fingerprint density at radius 2 is 1.57 bits per heavy atom. The van der Waals surface area contributed by atoms with Gasteiger partial charge < -0.3 is 5.32 Å². The predicted molar refractivity (Wildman–Crippen MR) is 62.6 cm³/mol. The highest BCUT2D eigenvalue weighted by Gasteiger charge is 2.40. The minimum Gasteiger partial charge on any atom is -0.314 e. The molecular weight excluding hydrogens is 172 g/mol. The molecule has 1 heterocycles. The Hall–Kier alpha value is -0.0800. The first kappa shape index (κ1) is 12.0. The molecule has 1 aliphatic rings. The lowest BCUT2D eigenvalue weighted by Crippen LogP contribution is -2.59. The van der Waals surface area contributed by atoms with E-state index in [9.17, 15) is 0 Å². The van der Waals surface area contributed by atoms with Crippen LogP contribution in [0.5, 0.6) is 0 Å². The van der Waals surface area contributed by atoms with E-state index in [1.54, 1.807) is 0 Å². The SMILES string of the molecule is CCC(C)(C)C(C)(C)N1CCNCC1. The maximum atomic E-state index is 3.41. The summed E-state index contributed by atoms with van der Waals surface area (Å²) in [4.78, 5) is 2.63. The van der Waals surface area contributed by atoms with Gasteiger partial charge in [0.05, 0.1) is 0 Å². The first-order valence-corrected chi connectivity index (χ1v) is 5.87. The second-order valence-corrected chi connectivity index (χ2v) is 5.53. The largest absolute Gasteiger partial charge is 0.314 e. The van der Waals surface area contributed by atoms with Gasteiger partial charge in [0.15, 0.2) is 0 Å². The Morgan fingerprint density at radius 1 is 1.07 bits per heavy atom. The molecular formula is C12H26N2. The fourth-order valence-electron chi connectivity index (χ4n) is 2.08. The minimum absolute atomic E-state index is 0.309. The molecule has 1 fully saturated rings. The van der Waals surface area contributed by atoms with Crippen molar-refractivity contribution in [1.82, 2.24) is 10.2 Å². The van der Waals surface area contributed by atoms with Gasteiger partial charge in [0.1, 0.15) is 0 Å². The molecule has 14 heavy (non-hydrogen) atoms. The van der Waals surface area contributed by atoms with Crippen LogP contribution in [-0.2, 0) is 0 Å². The smallest absolute Gasteiger partial charge is 0.0205 e. The molecule has 1 N–H and O–H groups in total. The second kappa shape index (κ2) is 4.19. The lowest BCUT2D eigenvalue weighted by molar-refractivity contribution is 0.000688. The molecule has 1 aliphatic heterocycles. The van der Waals surface area contributed by atoms with Crippen molar-refractivity contribution in [2.75, 3.05) is 26.2 Å². The number of nitrogens with zero attached hydrogens (tertiary/aromatic N) is 1. The van der Waals surface area contributed by atoms with Crippen LogP contribution in [0.1, 0.15) is 41.0 Å². The maximum Gasteiger partial charge on any atom is 0.0205 e. The van der Waals surface area contributed by atoms with E-state index >= 15 is 0 Å². The Bertz CT molecular complexity index is 179. The summed E-state index contributed by atoms with van der Waals surface area (Å²) < 4.78 is 0. The quantitative estimate of drug-likeness (QED) is 0.747. The fourth-order valence-corrected chi connectivity index (χ4v) is 2.08. The zero-order valence-corrected chi connectivity index (χ0v) is 10.5. The topological polar surface area (TPSA) is 15.3 Å². The fraction of sp³-hybridized carbons (Fsp3) is 1.00. The van der Waals surface area contributed by atoms with Crippen molar-refractivity contribution in [1.29, 1.82) is 0 Å². The van der Waals surface area contributed by atoms with Crippen LogP contribution in [0.3, 0.4) is 0 Å². The van der Waals surface area contributed by atoms with Crippen molar-refractivity contribution in [2.24, 2.45) is 5.41 Å². The standard InChI is InChI=1S/C12H26N2/c1-6-11(2,3)12(4,5)14-9-7-13-8-10-14/h13H,6-10H2,1-5H3. The van der Waals surface area contributed by atoms with Gasteiger partial charge in [-0.15, -0.1) is 0 Å². The summed E-state index contributed by atoms with van der Waals surface area (Å²) in [6.45, 7) is 16.5. The van der Waals surface area contributed by atoms with E-state index in [2.05, 4.69) is 44.8 Å². The van der Waals surface area contributed by atoms with Gasteiger partial charge in [-0.25, -0.2) is 0 Å². The molecule has 0 spiro atoms. The van der Waals surface area contributed by atoms with Gasteiger partial charge in [0.25, 0.3) is 0 Å². The van der Waals surface area contributed by atoms with E-state index in [1.165, 1.54) is 19.5 Å². The summed E-state index contributed by atoms with van der Waals surface area (Å²) in [7, 11) is 0. The summed E-state index contributed by atoms with van der Waals surface area (Å²) in [5.41, 5.74) is 0.703. The Labute approximate surface area is 89.1 Å². The molecule has 0 atom stereocenters. The van der Waals surface area contributed by atoms with Gasteiger partial charge in [-0.2, -0.15) is 0 Å². The molecule has 0 saturated carbocycles. The highest BCUT2D eigenvalue weighted by Crippen LogP contribution is 2.38. The first-order valence-electron chi connectivity index (χ1n) is 5.87. The molecule has 0 aromatic carbocycles. The molecule has 1 rings (SSSR count). The van der Waals surface area contributed by atoms with Gasteiger partial charge >= 0.3 is 0 Å². The second-order valence-electron chi connectivity index (χ2n) is 5.53. The van der Waals surface area contributed by atoms with E-state index in [0.29, 0.717) is 11.0 Å². The predicted octanol–water partition coefficient (Wildman–Crippen LogP) is 2.11. The summed E-state index contributed by atoms with van der Waals surface area (Å²) in [6, 6.07) is 0. The van der Waals surface area contributed by atoms with Crippen molar-refractivity contribution in [2.45, 2.75) is 46.6 Å². The van der Waals surface area contributed by atoms with Crippen LogP contribution in [0.4, 0.5) is 0 Å². The Balaban J connectivity index is 2.71. The van der Waals surface area contributed by atoms with Crippen LogP contribution < -0.4 is 5.32 Å². The van der Waals surface area contributed by atoms with Crippen LogP contribution in [0, 0.1) is 5.41 Å². The highest BCUT2D eigenvalue weighted by molar-refractivity contribution is 4.95. The van der Waals surface area contributed by atoms with E-state index in [-0.39, 0.29) is 0 Å². The minimum atomic E-state index is 0.309. The van der Waals surface area contributed by atoms with Crippen LogP contribution >= 0.6 is 0 Å². The van der Waals surface area contributed by atoms with E-state index in [0.717, 1.165) is 13.1 Å². The third-order valence-corrected chi connectivity index (χ3v) is 4.45. The number of hydrogen-bond acceptors (Lipinski definition) is 2. The number of piperazine rings is 1. The van der Waals surface area contributed by atoms with Crippen LogP contribution in [-0.4, -0.2) is 36.6 Å². The molecule has 2 heteroatoms. The van der Waals surface area contributed by atoms with E-state index < -0.39 is 0 Å². The number of hydrogen-bond donors (Lipinski definition) is 1. The van der Waals surface area contributed by atoms with Gasteiger partial charge in [-0.1, -0.05) is 20.8 Å². The van der Waals surface area contributed by atoms with Gasteiger partial charge in [-0.05, 0) is 25.7 Å². The van der Waals surface area contributed by atoms with Crippen molar-refractivity contribution >= 4 is 0 Å². The Kier molecular flexibility index (Phi) is 3.59. The summed E-state index contributed by atoms with van der Waals surface area (Å²) in [5.74, 6) is 0.